The van der Waals surface area contributed by atoms with Crippen molar-refractivity contribution in [3.05, 3.63) is 70.3 Å². The molecule has 1 saturated heterocycles. The van der Waals surface area contributed by atoms with Gasteiger partial charge in [-0.2, -0.15) is 8.78 Å². The fraction of sp³-hybridized carbons (Fsp3) is 0.333. The number of hydrogen-bond donors (Lipinski definition) is 1. The molecule has 4 aromatic rings. The van der Waals surface area contributed by atoms with Crippen LogP contribution in [0.2, 0.25) is 0 Å². The van der Waals surface area contributed by atoms with Gasteiger partial charge in [0, 0.05) is 56.2 Å². The molecule has 1 N–H and O–H groups in total. The molecule has 2 aromatic heterocycles. The number of para-hydroxylation sites is 1. The summed E-state index contributed by atoms with van der Waals surface area (Å²) in [7, 11) is 1.36. The molecular weight excluding hydrogens is 548 g/mol. The summed E-state index contributed by atoms with van der Waals surface area (Å²) in [5.74, 6) is -2.25. The summed E-state index contributed by atoms with van der Waals surface area (Å²) in [4.78, 5) is 36.7. The molecule has 0 saturated carbocycles. The second kappa shape index (κ2) is 11.2. The fourth-order valence-corrected chi connectivity index (χ4v) is 5.09. The average molecular weight is 575 g/mol. The third-order valence-electron chi connectivity index (χ3n) is 7.14. The standard InChI is InChI=1S/C27H26F4N6O4/c1-15-12-35(21(39)14-38)7-8-36(15)27-32-10-17(11-33-27)22-19(28)9-18-24(23(22)29)37(34(2)25(18)40)13-16-5-3-4-6-20(16)41-26(30)31/h3-6,9-11,15,26,38H,7-8,12-14H2,1-2H3/t15-/m1/s1. The highest BCUT2D eigenvalue weighted by molar-refractivity contribution is 5.86. The van der Waals surface area contributed by atoms with E-state index in [1.807, 2.05) is 11.8 Å². The van der Waals surface area contributed by atoms with Crippen LogP contribution in [0.15, 0.2) is 47.5 Å². The number of alkyl halides is 2. The molecule has 0 spiro atoms. The van der Waals surface area contributed by atoms with Crippen LogP contribution in [-0.4, -0.2) is 74.1 Å². The number of piperazine rings is 1. The quantitative estimate of drug-likeness (QED) is 0.339. The van der Waals surface area contributed by atoms with Gasteiger partial charge in [0.15, 0.2) is 5.82 Å². The number of anilines is 1. The van der Waals surface area contributed by atoms with Gasteiger partial charge in [-0.1, -0.05) is 18.2 Å². The topological polar surface area (TPSA) is 106 Å². The second-order valence-electron chi connectivity index (χ2n) is 9.63. The Bertz CT molecular complexity index is 1660. The lowest BCUT2D eigenvalue weighted by Gasteiger charge is -2.39. The number of aromatic nitrogens is 4. The summed E-state index contributed by atoms with van der Waals surface area (Å²) in [6, 6.07) is 6.68. The Morgan fingerprint density at radius 2 is 1.88 bits per heavy atom. The number of amides is 1. The lowest BCUT2D eigenvalue weighted by molar-refractivity contribution is -0.134. The fourth-order valence-electron chi connectivity index (χ4n) is 5.09. The lowest BCUT2D eigenvalue weighted by atomic mass is 10.1. The Morgan fingerprint density at radius 3 is 2.54 bits per heavy atom. The van der Waals surface area contributed by atoms with E-state index in [0.717, 1.165) is 10.7 Å². The molecule has 5 rings (SSSR count). The summed E-state index contributed by atoms with van der Waals surface area (Å²) >= 11 is 0. The first kappa shape index (κ1) is 28.1. The zero-order chi connectivity index (χ0) is 29.4. The second-order valence-corrected chi connectivity index (χ2v) is 9.63. The van der Waals surface area contributed by atoms with E-state index >= 15 is 8.78 Å². The van der Waals surface area contributed by atoms with E-state index in [1.54, 1.807) is 6.07 Å². The average Bonchev–Trinajstić information content (AvgIpc) is 3.18. The molecule has 1 atom stereocenters. The van der Waals surface area contributed by atoms with Crippen LogP contribution in [0.1, 0.15) is 12.5 Å². The molecule has 0 unspecified atom stereocenters. The Morgan fingerprint density at radius 1 is 1.17 bits per heavy atom. The molecule has 3 heterocycles. The lowest BCUT2D eigenvalue weighted by Crippen LogP contribution is -2.54. The summed E-state index contributed by atoms with van der Waals surface area (Å²) in [6.07, 6.45) is 2.54. The minimum Gasteiger partial charge on any atom is -0.434 e. The number of nitrogens with zero attached hydrogens (tertiary/aromatic N) is 6. The molecular formula is C27H26F4N6O4. The highest BCUT2D eigenvalue weighted by Gasteiger charge is 2.29. The molecule has 14 heteroatoms. The van der Waals surface area contributed by atoms with Gasteiger partial charge in [0.2, 0.25) is 11.9 Å². The summed E-state index contributed by atoms with van der Waals surface area (Å²) in [5.41, 5.74) is -1.06. The number of benzene rings is 2. The Balaban J connectivity index is 1.51. The molecule has 0 aliphatic carbocycles. The third kappa shape index (κ3) is 5.22. The first-order valence-electron chi connectivity index (χ1n) is 12.7. The first-order valence-corrected chi connectivity index (χ1v) is 12.7. The number of carbonyl (C=O) groups excluding carboxylic acids is 1. The number of aliphatic hydroxyl groups excluding tert-OH is 1. The van der Waals surface area contributed by atoms with E-state index in [4.69, 9.17) is 5.11 Å². The van der Waals surface area contributed by atoms with Crippen LogP contribution in [0.3, 0.4) is 0 Å². The number of carbonyl (C=O) groups is 1. The SMILES string of the molecule is C[C@@H]1CN(C(=O)CO)CCN1c1ncc(-c2c(F)cc3c(=O)n(C)n(Cc4ccccc4OC(F)F)c3c2F)cn1. The minimum atomic E-state index is -3.09. The maximum Gasteiger partial charge on any atom is 0.387 e. The highest BCUT2D eigenvalue weighted by atomic mass is 19.3. The maximum atomic E-state index is 16.1. The van der Waals surface area contributed by atoms with Crippen LogP contribution in [0.25, 0.3) is 22.0 Å². The van der Waals surface area contributed by atoms with Crippen molar-refractivity contribution in [2.24, 2.45) is 7.05 Å². The van der Waals surface area contributed by atoms with Gasteiger partial charge >= 0.3 is 6.61 Å². The van der Waals surface area contributed by atoms with Gasteiger partial charge < -0.3 is 19.6 Å². The Labute approximate surface area is 231 Å². The van der Waals surface area contributed by atoms with Crippen LogP contribution < -0.4 is 15.2 Å². The normalized spacial score (nSPS) is 15.7. The third-order valence-corrected chi connectivity index (χ3v) is 7.14. The van der Waals surface area contributed by atoms with Crippen molar-refractivity contribution < 1.29 is 32.2 Å². The summed E-state index contributed by atoms with van der Waals surface area (Å²) in [6.45, 7) is -0.915. The van der Waals surface area contributed by atoms with Crippen molar-refractivity contribution in [3.63, 3.8) is 0 Å². The van der Waals surface area contributed by atoms with Crippen LogP contribution in [-0.2, 0) is 18.4 Å². The molecule has 41 heavy (non-hydrogen) atoms. The van der Waals surface area contributed by atoms with Crippen LogP contribution in [0, 0.1) is 11.6 Å². The Kier molecular flexibility index (Phi) is 7.67. The number of fused-ring (bicyclic) bond motifs is 1. The molecule has 1 fully saturated rings. The van der Waals surface area contributed by atoms with Gasteiger partial charge in [-0.05, 0) is 19.1 Å². The van der Waals surface area contributed by atoms with Crippen molar-refractivity contribution in [2.75, 3.05) is 31.1 Å². The monoisotopic (exact) mass is 574 g/mol. The van der Waals surface area contributed by atoms with Crippen molar-refractivity contribution >= 4 is 22.8 Å². The zero-order valence-electron chi connectivity index (χ0n) is 22.1. The number of hydrogen-bond acceptors (Lipinski definition) is 7. The van der Waals surface area contributed by atoms with E-state index in [9.17, 15) is 18.4 Å². The van der Waals surface area contributed by atoms with E-state index in [1.165, 1.54) is 47.2 Å². The number of aliphatic hydroxyl groups is 1. The molecule has 1 amide bonds. The van der Waals surface area contributed by atoms with Gasteiger partial charge in [-0.3, -0.25) is 19.0 Å². The summed E-state index contributed by atoms with van der Waals surface area (Å²) in [5, 5.41) is 8.89. The minimum absolute atomic E-state index is 0.0247. The van der Waals surface area contributed by atoms with Crippen LogP contribution >= 0.6 is 0 Å². The van der Waals surface area contributed by atoms with Crippen molar-refractivity contribution in [1.82, 2.24) is 24.2 Å². The van der Waals surface area contributed by atoms with Crippen molar-refractivity contribution in [3.8, 4) is 16.9 Å². The van der Waals surface area contributed by atoms with Gasteiger partial charge in [-0.25, -0.2) is 18.7 Å². The molecule has 1 aliphatic rings. The van der Waals surface area contributed by atoms with Crippen molar-refractivity contribution in [2.45, 2.75) is 26.1 Å². The zero-order valence-corrected chi connectivity index (χ0v) is 22.1. The van der Waals surface area contributed by atoms with E-state index < -0.39 is 36.0 Å². The largest absolute Gasteiger partial charge is 0.434 e. The van der Waals surface area contributed by atoms with Gasteiger partial charge in [0.05, 0.1) is 17.5 Å². The van der Waals surface area contributed by atoms with Gasteiger partial charge in [0.25, 0.3) is 5.56 Å². The summed E-state index contributed by atoms with van der Waals surface area (Å²) < 4.78 is 64.1. The molecule has 216 valence electrons. The first-order chi connectivity index (χ1) is 19.6. The Hall–Kier alpha value is -4.46. The maximum absolute atomic E-state index is 16.1. The van der Waals surface area contributed by atoms with Gasteiger partial charge in [0.1, 0.15) is 23.7 Å². The van der Waals surface area contributed by atoms with Crippen molar-refractivity contribution in [1.29, 1.82) is 0 Å². The number of ether oxygens (including phenoxy) is 1. The number of halogens is 4. The smallest absolute Gasteiger partial charge is 0.387 e. The molecule has 2 aromatic carbocycles. The molecule has 0 radical (unpaired) electrons. The highest BCUT2D eigenvalue weighted by Crippen LogP contribution is 2.32. The van der Waals surface area contributed by atoms with Gasteiger partial charge in [-0.15, -0.1) is 0 Å². The van der Waals surface area contributed by atoms with Crippen LogP contribution in [0.5, 0.6) is 5.75 Å². The van der Waals surface area contributed by atoms with E-state index in [0.29, 0.717) is 25.6 Å². The van der Waals surface area contributed by atoms with Crippen LogP contribution in [0.4, 0.5) is 23.5 Å². The van der Waals surface area contributed by atoms with E-state index in [2.05, 4.69) is 14.7 Å². The molecule has 1 aliphatic heterocycles. The van der Waals surface area contributed by atoms with E-state index in [-0.39, 0.29) is 46.3 Å². The predicted octanol–water partition coefficient (Wildman–Crippen LogP) is 2.75. The predicted molar refractivity (Wildman–Crippen MR) is 141 cm³/mol. The molecule has 10 nitrogen and oxygen atoms in total. The number of rotatable bonds is 7. The molecule has 0 bridgehead atoms.